The molecule has 0 aromatic heterocycles. The molecule has 0 radical (unpaired) electrons. The third-order valence-corrected chi connectivity index (χ3v) is 11.1. The lowest BCUT2D eigenvalue weighted by Gasteiger charge is -2.51. The van der Waals surface area contributed by atoms with Crippen molar-refractivity contribution in [3.63, 3.8) is 0 Å². The number of amides is 2. The molecule has 33 heavy (non-hydrogen) atoms. The third kappa shape index (κ3) is 4.31. The van der Waals surface area contributed by atoms with Gasteiger partial charge in [-0.05, 0) is 77.9 Å². The summed E-state index contributed by atoms with van der Waals surface area (Å²) in [5, 5.41) is 0. The van der Waals surface area contributed by atoms with Crippen molar-refractivity contribution in [1.29, 1.82) is 0 Å². The number of sulfone groups is 1. The van der Waals surface area contributed by atoms with Gasteiger partial charge in [-0.1, -0.05) is 36.8 Å². The lowest BCUT2D eigenvalue weighted by molar-refractivity contribution is 0.0159. The van der Waals surface area contributed by atoms with Gasteiger partial charge in [-0.3, -0.25) is 4.90 Å². The largest absolute Gasteiger partial charge is 0.321 e. The van der Waals surface area contributed by atoms with Gasteiger partial charge in [-0.25, -0.2) is 13.2 Å². The van der Waals surface area contributed by atoms with Crippen LogP contribution in [0.25, 0.3) is 0 Å². The van der Waals surface area contributed by atoms with E-state index >= 15 is 0 Å². The number of hydrogen-bond donors (Lipinski definition) is 0. The minimum absolute atomic E-state index is 0.0306. The van der Waals surface area contributed by atoms with Crippen LogP contribution in [0.15, 0.2) is 30.3 Å². The number of carbonyl (C=O) groups excluding carboxylic acids is 1. The zero-order valence-electron chi connectivity index (χ0n) is 21.0. The fourth-order valence-electron chi connectivity index (χ4n) is 6.09. The normalized spacial score (nSPS) is 29.2. The molecule has 184 valence electrons. The van der Waals surface area contributed by atoms with Gasteiger partial charge in [-0.2, -0.15) is 0 Å². The summed E-state index contributed by atoms with van der Waals surface area (Å²) in [5.74, 6) is 0.586. The highest BCUT2D eigenvalue weighted by Gasteiger charge is 2.55. The minimum atomic E-state index is -3.27. The number of urea groups is 1. The molecule has 2 saturated carbocycles. The Morgan fingerprint density at radius 2 is 1.67 bits per heavy atom. The van der Waals surface area contributed by atoms with Crippen LogP contribution in [0.1, 0.15) is 64.4 Å². The van der Waals surface area contributed by atoms with Crippen LogP contribution >= 0.6 is 0 Å². The first-order valence-corrected chi connectivity index (χ1v) is 14.3. The minimum Gasteiger partial charge on any atom is -0.321 e. The average Bonchev–Trinajstić information content (AvgIpc) is 2.95. The van der Waals surface area contributed by atoms with Crippen molar-refractivity contribution in [3.8, 4) is 0 Å². The van der Waals surface area contributed by atoms with Gasteiger partial charge in [0.1, 0.15) is 0 Å². The van der Waals surface area contributed by atoms with Gasteiger partial charge in [0.05, 0.1) is 10.3 Å². The predicted molar refractivity (Wildman–Crippen MR) is 133 cm³/mol. The first kappa shape index (κ1) is 24.5. The summed E-state index contributed by atoms with van der Waals surface area (Å²) in [6.45, 7) is 5.18. The Kier molecular flexibility index (Phi) is 6.36. The number of carbonyl (C=O) groups is 1. The maximum absolute atomic E-state index is 13.7. The summed E-state index contributed by atoms with van der Waals surface area (Å²) in [6.07, 6.45) is 8.77. The van der Waals surface area contributed by atoms with E-state index in [-0.39, 0.29) is 23.7 Å². The molecule has 4 rings (SSSR count). The van der Waals surface area contributed by atoms with Crippen molar-refractivity contribution in [3.05, 3.63) is 35.9 Å². The van der Waals surface area contributed by atoms with Gasteiger partial charge in [-0.15, -0.1) is 0 Å². The smallest absolute Gasteiger partial charge is 0.320 e. The van der Waals surface area contributed by atoms with E-state index in [1.165, 1.54) is 31.1 Å². The number of hydrogen-bond acceptors (Lipinski definition) is 4. The van der Waals surface area contributed by atoms with E-state index in [2.05, 4.69) is 54.2 Å². The summed E-state index contributed by atoms with van der Waals surface area (Å²) in [5.41, 5.74) is 1.11. The zero-order chi connectivity index (χ0) is 24.1. The van der Waals surface area contributed by atoms with Crippen LogP contribution in [0.3, 0.4) is 0 Å². The Morgan fingerprint density at radius 1 is 1.06 bits per heavy atom. The highest BCUT2D eigenvalue weighted by molar-refractivity contribution is 7.92. The zero-order valence-corrected chi connectivity index (χ0v) is 21.8. The van der Waals surface area contributed by atoms with Crippen LogP contribution < -0.4 is 0 Å². The van der Waals surface area contributed by atoms with Crippen molar-refractivity contribution in [1.82, 2.24) is 14.7 Å². The van der Waals surface area contributed by atoms with Crippen LogP contribution in [-0.4, -0.2) is 79.4 Å². The molecule has 1 spiro atoms. The van der Waals surface area contributed by atoms with Crippen molar-refractivity contribution >= 4 is 15.9 Å². The van der Waals surface area contributed by atoms with Crippen LogP contribution in [0.2, 0.25) is 0 Å². The van der Waals surface area contributed by atoms with E-state index in [1.807, 2.05) is 4.90 Å². The topological polar surface area (TPSA) is 60.9 Å². The first-order valence-electron chi connectivity index (χ1n) is 12.4. The number of nitrogens with zero attached hydrogens (tertiary/aromatic N) is 3. The van der Waals surface area contributed by atoms with E-state index in [1.54, 1.807) is 13.8 Å². The van der Waals surface area contributed by atoms with Gasteiger partial charge < -0.3 is 9.80 Å². The molecule has 2 amide bonds. The van der Waals surface area contributed by atoms with Crippen LogP contribution in [0, 0.1) is 5.92 Å². The number of benzene rings is 1. The van der Waals surface area contributed by atoms with Crippen molar-refractivity contribution in [2.24, 2.45) is 5.92 Å². The molecule has 1 saturated heterocycles. The van der Waals surface area contributed by atoms with E-state index < -0.39 is 14.6 Å². The molecule has 6 nitrogen and oxygen atoms in total. The molecule has 1 aliphatic heterocycles. The molecular weight excluding hydrogens is 434 g/mol. The van der Waals surface area contributed by atoms with Gasteiger partial charge in [0.15, 0.2) is 9.84 Å². The fourth-order valence-corrected chi connectivity index (χ4v) is 6.48. The molecule has 1 aromatic rings. The average molecular weight is 476 g/mol. The van der Waals surface area contributed by atoms with Crippen LogP contribution in [0.5, 0.6) is 0 Å². The SMILES string of the molecule is CN(C)[C@]1(c2ccccc2)CC[C@@]2(CC1)CN(CC(C)(C)S(C)(=O)=O)C(=O)N2CC1CCC1. The highest BCUT2D eigenvalue weighted by Crippen LogP contribution is 2.49. The predicted octanol–water partition coefficient (Wildman–Crippen LogP) is 4.12. The first-order chi connectivity index (χ1) is 15.4. The Morgan fingerprint density at radius 3 is 2.15 bits per heavy atom. The van der Waals surface area contributed by atoms with Crippen LogP contribution in [0.4, 0.5) is 4.79 Å². The molecule has 0 N–H and O–H groups in total. The van der Waals surface area contributed by atoms with Gasteiger partial charge in [0.25, 0.3) is 0 Å². The van der Waals surface area contributed by atoms with Crippen molar-refractivity contribution in [2.45, 2.75) is 74.6 Å². The third-order valence-electron chi connectivity index (χ3n) is 8.98. The highest BCUT2D eigenvalue weighted by atomic mass is 32.2. The Bertz CT molecular complexity index is 962. The van der Waals surface area contributed by atoms with E-state index in [4.69, 9.17) is 0 Å². The van der Waals surface area contributed by atoms with E-state index in [9.17, 15) is 13.2 Å². The second kappa shape index (κ2) is 8.56. The van der Waals surface area contributed by atoms with Gasteiger partial charge in [0, 0.05) is 31.4 Å². The van der Waals surface area contributed by atoms with Crippen molar-refractivity contribution < 1.29 is 13.2 Å². The quantitative estimate of drug-likeness (QED) is 0.595. The van der Waals surface area contributed by atoms with E-state index in [0.717, 1.165) is 32.2 Å². The maximum Gasteiger partial charge on any atom is 0.320 e. The molecule has 2 aliphatic carbocycles. The lowest BCUT2D eigenvalue weighted by Crippen LogP contribution is -2.56. The molecule has 3 aliphatic rings. The van der Waals surface area contributed by atoms with Gasteiger partial charge >= 0.3 is 6.03 Å². The summed E-state index contributed by atoms with van der Waals surface area (Å²) < 4.78 is 23.8. The molecule has 1 aromatic carbocycles. The maximum atomic E-state index is 13.7. The Hall–Kier alpha value is -1.60. The summed E-state index contributed by atoms with van der Waals surface area (Å²) in [6, 6.07) is 10.8. The van der Waals surface area contributed by atoms with E-state index in [0.29, 0.717) is 12.5 Å². The molecular formula is C26H41N3O3S. The fraction of sp³-hybridized carbons (Fsp3) is 0.731. The second-order valence-corrected chi connectivity index (χ2v) is 14.2. The van der Waals surface area contributed by atoms with Crippen LogP contribution in [-0.2, 0) is 15.4 Å². The number of rotatable bonds is 7. The lowest BCUT2D eigenvalue weighted by atomic mass is 9.68. The molecule has 7 heteroatoms. The molecule has 3 fully saturated rings. The standard InChI is InChI=1S/C26H41N3O3S/c1-24(2,33(5,31)32)19-28-20-25(29(23(28)30)18-21-10-9-11-21)14-16-26(17-15-25,27(3)4)22-12-7-6-8-13-22/h6-8,12-13,21H,9-11,14-20H2,1-5H3/t25-,26-. The summed E-state index contributed by atoms with van der Waals surface area (Å²) in [4.78, 5) is 20.0. The molecule has 0 unspecified atom stereocenters. The Balaban J connectivity index is 1.61. The monoisotopic (exact) mass is 475 g/mol. The molecule has 1 heterocycles. The van der Waals surface area contributed by atoms with Crippen molar-refractivity contribution in [2.75, 3.05) is 40.0 Å². The summed E-state index contributed by atoms with van der Waals surface area (Å²) >= 11 is 0. The second-order valence-electron chi connectivity index (χ2n) is 11.6. The Labute approximate surface area is 200 Å². The molecule has 0 bridgehead atoms. The molecule has 0 atom stereocenters. The van der Waals surface area contributed by atoms with Gasteiger partial charge in [0.2, 0.25) is 0 Å². The summed E-state index contributed by atoms with van der Waals surface area (Å²) in [7, 11) is 1.05.